The molecule has 2 heterocycles. The molecule has 1 N–H and O–H groups in total. The Morgan fingerprint density at radius 2 is 1.94 bits per heavy atom. The number of benzene rings is 2. The Hall–Kier alpha value is -3.26. The van der Waals surface area contributed by atoms with E-state index in [0.717, 1.165) is 27.7 Å². The van der Waals surface area contributed by atoms with Gasteiger partial charge in [-0.15, -0.1) is 0 Å². The lowest BCUT2D eigenvalue weighted by Gasteiger charge is -2.22. The third-order valence-electron chi connectivity index (χ3n) is 5.44. The van der Waals surface area contributed by atoms with Gasteiger partial charge in [0.1, 0.15) is 5.69 Å². The normalized spacial score (nSPS) is 14.8. The molecule has 8 heteroatoms. The lowest BCUT2D eigenvalue weighted by molar-refractivity contribution is -0.121. The standard InChI is InChI=1S/C24H23BrN4O3/c1-16-13-18-6-2-3-8-21(18)29(16)24(32)20-9-10-23(31)28(27-20)12-11-22(30)26-15-17-5-4-7-19(25)14-17/h2-10,14,16H,11-13,15H2,1H3,(H,26,30). The molecule has 7 nitrogen and oxygen atoms in total. The molecule has 1 unspecified atom stereocenters. The van der Waals surface area contributed by atoms with Gasteiger partial charge < -0.3 is 10.2 Å². The Bertz CT molecular complexity index is 1220. The van der Waals surface area contributed by atoms with E-state index in [1.807, 2.05) is 55.5 Å². The average molecular weight is 495 g/mol. The summed E-state index contributed by atoms with van der Waals surface area (Å²) in [5.41, 5.74) is 2.79. The van der Waals surface area contributed by atoms with Gasteiger partial charge in [-0.25, -0.2) is 4.68 Å². The predicted octanol–water partition coefficient (Wildman–Crippen LogP) is 3.30. The number of carbonyl (C=O) groups is 2. The van der Waals surface area contributed by atoms with Crippen LogP contribution in [-0.4, -0.2) is 27.6 Å². The minimum atomic E-state index is -0.351. The third-order valence-corrected chi connectivity index (χ3v) is 5.93. The van der Waals surface area contributed by atoms with E-state index in [1.165, 1.54) is 16.8 Å². The highest BCUT2D eigenvalue weighted by atomic mass is 79.9. The van der Waals surface area contributed by atoms with Crippen LogP contribution in [0.15, 0.2) is 69.9 Å². The molecule has 2 amide bonds. The van der Waals surface area contributed by atoms with Crippen molar-refractivity contribution in [3.05, 3.63) is 92.3 Å². The van der Waals surface area contributed by atoms with Crippen molar-refractivity contribution in [3.8, 4) is 0 Å². The first kappa shape index (κ1) is 22.0. The molecule has 164 valence electrons. The first-order chi connectivity index (χ1) is 15.4. The molecule has 0 spiro atoms. The third kappa shape index (κ3) is 4.80. The first-order valence-electron chi connectivity index (χ1n) is 10.4. The topological polar surface area (TPSA) is 84.3 Å². The summed E-state index contributed by atoms with van der Waals surface area (Å²) >= 11 is 3.40. The van der Waals surface area contributed by atoms with Gasteiger partial charge in [-0.2, -0.15) is 5.10 Å². The van der Waals surface area contributed by atoms with Crippen LogP contribution in [0.1, 0.15) is 35.0 Å². The summed E-state index contributed by atoms with van der Waals surface area (Å²) in [6.45, 7) is 2.48. The molecule has 0 aliphatic carbocycles. The van der Waals surface area contributed by atoms with Gasteiger partial charge in [-0.05, 0) is 48.7 Å². The molecule has 2 aromatic carbocycles. The number of fused-ring (bicyclic) bond motifs is 1. The second kappa shape index (κ2) is 9.48. The fourth-order valence-electron chi connectivity index (χ4n) is 3.86. The number of aromatic nitrogens is 2. The van der Waals surface area contributed by atoms with Crippen molar-refractivity contribution in [2.24, 2.45) is 0 Å². The summed E-state index contributed by atoms with van der Waals surface area (Å²) < 4.78 is 2.12. The molecule has 0 fully saturated rings. The molecule has 1 aliphatic rings. The summed E-state index contributed by atoms with van der Waals surface area (Å²) in [5.74, 6) is -0.451. The Kier molecular flexibility index (Phi) is 6.50. The van der Waals surface area contributed by atoms with Crippen molar-refractivity contribution in [3.63, 3.8) is 0 Å². The highest BCUT2D eigenvalue weighted by molar-refractivity contribution is 9.10. The SMILES string of the molecule is CC1Cc2ccccc2N1C(=O)c1ccc(=O)n(CCC(=O)NCc2cccc(Br)c2)n1. The lowest BCUT2D eigenvalue weighted by atomic mass is 10.1. The molecule has 4 rings (SSSR count). The summed E-state index contributed by atoms with van der Waals surface area (Å²) in [6.07, 6.45) is 0.862. The number of rotatable bonds is 6. The number of para-hydroxylation sites is 1. The number of nitrogens with one attached hydrogen (secondary N) is 1. The zero-order chi connectivity index (χ0) is 22.7. The van der Waals surface area contributed by atoms with Crippen molar-refractivity contribution >= 4 is 33.4 Å². The maximum atomic E-state index is 13.2. The van der Waals surface area contributed by atoms with Crippen molar-refractivity contribution < 1.29 is 9.59 Å². The number of anilines is 1. The van der Waals surface area contributed by atoms with Crippen LogP contribution in [0.4, 0.5) is 5.69 Å². The molecule has 0 saturated heterocycles. The zero-order valence-corrected chi connectivity index (χ0v) is 19.2. The second-order valence-corrected chi connectivity index (χ2v) is 8.71. The molecule has 0 bridgehead atoms. The van der Waals surface area contributed by atoms with E-state index in [2.05, 4.69) is 26.3 Å². The van der Waals surface area contributed by atoms with Crippen LogP contribution in [0.25, 0.3) is 0 Å². The van der Waals surface area contributed by atoms with Crippen LogP contribution in [0.5, 0.6) is 0 Å². The van der Waals surface area contributed by atoms with E-state index < -0.39 is 0 Å². The van der Waals surface area contributed by atoms with Gasteiger partial charge in [0.2, 0.25) is 5.91 Å². The van der Waals surface area contributed by atoms with Crippen molar-refractivity contribution in [2.45, 2.75) is 38.9 Å². The fraction of sp³-hybridized carbons (Fsp3) is 0.250. The van der Waals surface area contributed by atoms with Crippen molar-refractivity contribution in [1.29, 1.82) is 0 Å². The number of carbonyl (C=O) groups excluding carboxylic acids is 2. The highest BCUT2D eigenvalue weighted by Crippen LogP contribution is 2.32. The molecule has 0 radical (unpaired) electrons. The van der Waals surface area contributed by atoms with Gasteiger partial charge in [0.05, 0.1) is 6.54 Å². The van der Waals surface area contributed by atoms with Crippen LogP contribution < -0.4 is 15.8 Å². The first-order valence-corrected chi connectivity index (χ1v) is 11.2. The quantitative estimate of drug-likeness (QED) is 0.569. The van der Waals surface area contributed by atoms with Gasteiger partial charge in [0, 0.05) is 35.2 Å². The average Bonchev–Trinajstić information content (AvgIpc) is 3.12. The minimum Gasteiger partial charge on any atom is -0.352 e. The van der Waals surface area contributed by atoms with Crippen molar-refractivity contribution in [1.82, 2.24) is 15.1 Å². The molecule has 1 aromatic heterocycles. The molecule has 1 atom stereocenters. The number of hydrogen-bond acceptors (Lipinski definition) is 4. The van der Waals surface area contributed by atoms with Gasteiger partial charge >= 0.3 is 0 Å². The summed E-state index contributed by atoms with van der Waals surface area (Å²) in [6, 6.07) is 18.2. The van der Waals surface area contributed by atoms with E-state index in [0.29, 0.717) is 6.54 Å². The van der Waals surface area contributed by atoms with E-state index in [-0.39, 0.29) is 42.1 Å². The molecule has 0 saturated carbocycles. The smallest absolute Gasteiger partial charge is 0.278 e. The minimum absolute atomic E-state index is 0.00544. The van der Waals surface area contributed by atoms with Gasteiger partial charge in [0.25, 0.3) is 11.5 Å². The van der Waals surface area contributed by atoms with E-state index in [4.69, 9.17) is 0 Å². The van der Waals surface area contributed by atoms with Gasteiger partial charge in [-0.3, -0.25) is 14.4 Å². The largest absolute Gasteiger partial charge is 0.352 e. The molecule has 1 aliphatic heterocycles. The van der Waals surface area contributed by atoms with E-state index >= 15 is 0 Å². The highest BCUT2D eigenvalue weighted by Gasteiger charge is 2.32. The zero-order valence-electron chi connectivity index (χ0n) is 17.6. The number of nitrogens with zero attached hydrogens (tertiary/aromatic N) is 3. The van der Waals surface area contributed by atoms with Gasteiger partial charge in [-0.1, -0.05) is 46.3 Å². The van der Waals surface area contributed by atoms with Crippen LogP contribution in [0, 0.1) is 0 Å². The van der Waals surface area contributed by atoms with Crippen molar-refractivity contribution in [2.75, 3.05) is 4.90 Å². The Balaban J connectivity index is 1.42. The van der Waals surface area contributed by atoms with Gasteiger partial charge in [0.15, 0.2) is 0 Å². The maximum Gasteiger partial charge on any atom is 0.278 e. The summed E-state index contributed by atoms with van der Waals surface area (Å²) in [7, 11) is 0. The second-order valence-electron chi connectivity index (χ2n) is 7.79. The van der Waals surface area contributed by atoms with E-state index in [1.54, 1.807) is 4.90 Å². The Labute approximate surface area is 194 Å². The van der Waals surface area contributed by atoms with Crippen LogP contribution in [0.2, 0.25) is 0 Å². The monoisotopic (exact) mass is 494 g/mol. The number of aryl methyl sites for hydroxylation is 1. The molecular weight excluding hydrogens is 472 g/mol. The van der Waals surface area contributed by atoms with Crippen LogP contribution >= 0.6 is 15.9 Å². The fourth-order valence-corrected chi connectivity index (χ4v) is 4.31. The number of hydrogen-bond donors (Lipinski definition) is 1. The maximum absolute atomic E-state index is 13.2. The Morgan fingerprint density at radius 1 is 1.12 bits per heavy atom. The van der Waals surface area contributed by atoms with Crippen LogP contribution in [-0.2, 0) is 24.3 Å². The molecule has 3 aromatic rings. The number of halogens is 1. The Morgan fingerprint density at radius 3 is 2.75 bits per heavy atom. The van der Waals surface area contributed by atoms with Crippen LogP contribution in [0.3, 0.4) is 0 Å². The molecular formula is C24H23BrN4O3. The number of amides is 2. The summed E-state index contributed by atoms with van der Waals surface area (Å²) in [5, 5.41) is 7.09. The van der Waals surface area contributed by atoms with E-state index in [9.17, 15) is 14.4 Å². The predicted molar refractivity (Wildman–Crippen MR) is 126 cm³/mol. The lowest BCUT2D eigenvalue weighted by Crippen LogP contribution is -2.38. The summed E-state index contributed by atoms with van der Waals surface area (Å²) in [4.78, 5) is 39.4. The molecule has 32 heavy (non-hydrogen) atoms.